The maximum Gasteiger partial charge on any atom is 0.255 e. The molecule has 37 heavy (non-hydrogen) atoms. The van der Waals surface area contributed by atoms with Crippen LogP contribution in [-0.4, -0.2) is 61.8 Å². The van der Waals surface area contributed by atoms with Gasteiger partial charge in [0, 0.05) is 55.8 Å². The van der Waals surface area contributed by atoms with Crippen LogP contribution in [0.3, 0.4) is 0 Å². The van der Waals surface area contributed by atoms with Gasteiger partial charge in [-0.15, -0.1) is 0 Å². The number of piperidine rings is 1. The molecule has 0 unspecified atom stereocenters. The highest BCUT2D eigenvalue weighted by Crippen LogP contribution is 2.42. The Balaban J connectivity index is 1.23. The van der Waals surface area contributed by atoms with Crippen molar-refractivity contribution in [3.8, 4) is 17.6 Å². The highest BCUT2D eigenvalue weighted by atomic mass is 32.2. The van der Waals surface area contributed by atoms with Crippen LogP contribution in [0.4, 0.5) is 0 Å². The highest BCUT2D eigenvalue weighted by molar-refractivity contribution is 7.89. The Kier molecular flexibility index (Phi) is 7.00. The molecule has 0 atom stereocenters. The lowest BCUT2D eigenvalue weighted by Crippen LogP contribution is -2.44. The first-order valence-electron chi connectivity index (χ1n) is 12.3. The molecule has 5 rings (SSSR count). The summed E-state index contributed by atoms with van der Waals surface area (Å²) in [7, 11) is -2.07. The van der Waals surface area contributed by atoms with Crippen LogP contribution in [-0.2, 0) is 10.0 Å². The number of hydrogen-bond acceptors (Lipinski definition) is 5. The van der Waals surface area contributed by atoms with E-state index in [1.165, 1.54) is 7.11 Å². The number of carbonyl (C=O) groups excluding carboxylic acids is 1. The van der Waals surface area contributed by atoms with Crippen LogP contribution in [0.1, 0.15) is 40.7 Å². The van der Waals surface area contributed by atoms with Crippen molar-refractivity contribution < 1.29 is 17.9 Å². The monoisotopic (exact) mass is 515 g/mol. The number of amides is 1. The number of ether oxygens (including phenoxy) is 1. The van der Waals surface area contributed by atoms with Gasteiger partial charge in [-0.2, -0.15) is 4.31 Å². The van der Waals surface area contributed by atoms with E-state index in [-0.39, 0.29) is 16.2 Å². The summed E-state index contributed by atoms with van der Waals surface area (Å²) >= 11 is 0. The van der Waals surface area contributed by atoms with Crippen molar-refractivity contribution in [3.63, 3.8) is 0 Å². The summed E-state index contributed by atoms with van der Waals surface area (Å²) in [6.07, 6.45) is 5.56. The van der Waals surface area contributed by atoms with Crippen LogP contribution < -0.4 is 4.74 Å². The minimum atomic E-state index is -3.59. The Morgan fingerprint density at radius 1 is 0.919 bits per heavy atom. The summed E-state index contributed by atoms with van der Waals surface area (Å²) < 4.78 is 33.1. The van der Waals surface area contributed by atoms with Gasteiger partial charge in [0.05, 0.1) is 17.6 Å². The predicted molar refractivity (Wildman–Crippen MR) is 141 cm³/mol. The van der Waals surface area contributed by atoms with Crippen molar-refractivity contribution in [2.75, 3.05) is 33.3 Å². The molecule has 0 radical (unpaired) electrons. The standard InChI is InChI=1S/C29H29N3O4S/c1-36-26-8-5-9-27(19-26)37(34,35)32-16-13-29(14-17-32)12-15-31(22-29)28(33)25-18-24(20-30-21-25)11-10-23-6-3-2-4-7-23/h2-9,18-21H,12-17,22H2,1H3. The zero-order chi connectivity index (χ0) is 25.9. The molecular weight excluding hydrogens is 486 g/mol. The first-order chi connectivity index (χ1) is 17.9. The second kappa shape index (κ2) is 10.4. The van der Waals surface area contributed by atoms with Gasteiger partial charge in [-0.3, -0.25) is 9.78 Å². The van der Waals surface area contributed by atoms with Gasteiger partial charge in [-0.05, 0) is 55.0 Å². The summed E-state index contributed by atoms with van der Waals surface area (Å²) in [6.45, 7) is 2.15. The van der Waals surface area contributed by atoms with E-state index in [1.807, 2.05) is 35.2 Å². The molecule has 8 heteroatoms. The topological polar surface area (TPSA) is 79.8 Å². The number of likely N-dealkylation sites (tertiary alicyclic amines) is 1. The van der Waals surface area contributed by atoms with Gasteiger partial charge in [0.2, 0.25) is 10.0 Å². The smallest absolute Gasteiger partial charge is 0.255 e. The zero-order valence-corrected chi connectivity index (χ0v) is 21.6. The van der Waals surface area contributed by atoms with Crippen molar-refractivity contribution in [2.45, 2.75) is 24.2 Å². The summed E-state index contributed by atoms with van der Waals surface area (Å²) in [5.41, 5.74) is 2.06. The SMILES string of the molecule is COc1cccc(S(=O)(=O)N2CCC3(CCN(C(=O)c4cncc(C#Cc5ccccc5)c4)C3)CC2)c1. The van der Waals surface area contributed by atoms with Crippen molar-refractivity contribution in [1.82, 2.24) is 14.2 Å². The summed E-state index contributed by atoms with van der Waals surface area (Å²) in [5, 5.41) is 0. The van der Waals surface area contributed by atoms with Crippen LogP contribution in [0.5, 0.6) is 5.75 Å². The number of sulfonamides is 1. The lowest BCUT2D eigenvalue weighted by Gasteiger charge is -2.38. The summed E-state index contributed by atoms with van der Waals surface area (Å²) in [4.78, 5) is 19.6. The van der Waals surface area contributed by atoms with Crippen LogP contribution in [0.15, 0.2) is 78.0 Å². The Morgan fingerprint density at radius 2 is 1.65 bits per heavy atom. The molecule has 2 fully saturated rings. The Labute approximate surface area is 218 Å². The van der Waals surface area contributed by atoms with Gasteiger partial charge in [-0.25, -0.2) is 8.42 Å². The zero-order valence-electron chi connectivity index (χ0n) is 20.8. The first-order valence-corrected chi connectivity index (χ1v) is 13.8. The summed E-state index contributed by atoms with van der Waals surface area (Å²) in [6, 6.07) is 18.1. The molecule has 190 valence electrons. The predicted octanol–water partition coefficient (Wildman–Crippen LogP) is 3.81. The first kappa shape index (κ1) is 25.0. The number of carbonyl (C=O) groups is 1. The Morgan fingerprint density at radius 3 is 2.41 bits per heavy atom. The molecule has 0 bridgehead atoms. The van der Waals surface area contributed by atoms with Crippen LogP contribution in [0, 0.1) is 17.3 Å². The van der Waals surface area contributed by atoms with E-state index in [1.54, 1.807) is 47.0 Å². The van der Waals surface area contributed by atoms with E-state index in [0.29, 0.717) is 43.1 Å². The van der Waals surface area contributed by atoms with Gasteiger partial charge < -0.3 is 9.64 Å². The average molecular weight is 516 g/mol. The number of benzene rings is 2. The maximum absolute atomic E-state index is 13.3. The van der Waals surface area contributed by atoms with Gasteiger partial charge in [0.25, 0.3) is 5.91 Å². The fraction of sp³-hybridized carbons (Fsp3) is 0.310. The lowest BCUT2D eigenvalue weighted by atomic mass is 9.78. The molecule has 0 saturated carbocycles. The van der Waals surface area contributed by atoms with Gasteiger partial charge >= 0.3 is 0 Å². The van der Waals surface area contributed by atoms with Crippen LogP contribution >= 0.6 is 0 Å². The molecule has 2 aromatic carbocycles. The second-order valence-corrected chi connectivity index (χ2v) is 11.6. The second-order valence-electron chi connectivity index (χ2n) is 9.64. The van der Waals surface area contributed by atoms with E-state index in [2.05, 4.69) is 16.8 Å². The largest absolute Gasteiger partial charge is 0.497 e. The molecule has 0 N–H and O–H groups in total. The number of pyridine rings is 1. The molecule has 3 aromatic rings. The van der Waals surface area contributed by atoms with Gasteiger partial charge in [0.15, 0.2) is 0 Å². The third-order valence-corrected chi connectivity index (χ3v) is 9.19. The van der Waals surface area contributed by atoms with Crippen molar-refractivity contribution in [1.29, 1.82) is 0 Å². The molecule has 1 spiro atoms. The lowest BCUT2D eigenvalue weighted by molar-refractivity contribution is 0.0750. The van der Waals surface area contributed by atoms with Crippen molar-refractivity contribution in [3.05, 3.63) is 89.7 Å². The van der Waals surface area contributed by atoms with E-state index < -0.39 is 10.0 Å². The maximum atomic E-state index is 13.3. The number of nitrogens with zero attached hydrogens (tertiary/aromatic N) is 3. The minimum absolute atomic E-state index is 0.0563. The molecule has 7 nitrogen and oxygen atoms in total. The highest BCUT2D eigenvalue weighted by Gasteiger charge is 2.44. The Hall–Kier alpha value is -3.67. The normalized spacial score (nSPS) is 17.3. The van der Waals surface area contributed by atoms with Gasteiger partial charge in [0.1, 0.15) is 5.75 Å². The van der Waals surface area contributed by atoms with Crippen LogP contribution in [0.2, 0.25) is 0 Å². The van der Waals surface area contributed by atoms with Crippen molar-refractivity contribution >= 4 is 15.9 Å². The molecule has 0 aliphatic carbocycles. The number of hydrogen-bond donors (Lipinski definition) is 0. The molecule has 1 aromatic heterocycles. The third kappa shape index (κ3) is 5.38. The average Bonchev–Trinajstić information content (AvgIpc) is 3.35. The number of methoxy groups -OCH3 is 1. The molecular formula is C29H29N3O4S. The Bertz CT molecular complexity index is 1450. The van der Waals surface area contributed by atoms with E-state index >= 15 is 0 Å². The van der Waals surface area contributed by atoms with E-state index in [9.17, 15) is 13.2 Å². The minimum Gasteiger partial charge on any atom is -0.497 e. The molecule has 3 heterocycles. The van der Waals surface area contributed by atoms with Crippen LogP contribution in [0.25, 0.3) is 0 Å². The molecule has 1 amide bonds. The van der Waals surface area contributed by atoms with E-state index in [0.717, 1.165) is 24.8 Å². The number of rotatable bonds is 4. The van der Waals surface area contributed by atoms with E-state index in [4.69, 9.17) is 4.74 Å². The van der Waals surface area contributed by atoms with Gasteiger partial charge in [-0.1, -0.05) is 36.1 Å². The fourth-order valence-electron chi connectivity index (χ4n) is 5.10. The molecule has 2 saturated heterocycles. The van der Waals surface area contributed by atoms with Crippen molar-refractivity contribution in [2.24, 2.45) is 5.41 Å². The number of aromatic nitrogens is 1. The quantitative estimate of drug-likeness (QED) is 0.494. The molecule has 2 aliphatic rings. The molecule has 2 aliphatic heterocycles. The fourth-order valence-corrected chi connectivity index (χ4v) is 6.58. The third-order valence-electron chi connectivity index (χ3n) is 7.30. The summed E-state index contributed by atoms with van der Waals surface area (Å²) in [5.74, 6) is 6.65.